The molecule has 0 atom stereocenters. The summed E-state index contributed by atoms with van der Waals surface area (Å²) in [6, 6.07) is 7.88. The van der Waals surface area contributed by atoms with Crippen LogP contribution in [-0.4, -0.2) is 6.36 Å². The van der Waals surface area contributed by atoms with Crippen molar-refractivity contribution in [3.8, 4) is 11.8 Å². The van der Waals surface area contributed by atoms with Gasteiger partial charge in [-0.2, -0.15) is 9.65 Å². The zero-order valence-corrected chi connectivity index (χ0v) is 19.7. The van der Waals surface area contributed by atoms with Crippen LogP contribution in [0.3, 0.4) is 0 Å². The molecule has 34 heavy (non-hydrogen) atoms. The largest absolute Gasteiger partial charge is 0.573 e. The third-order valence-corrected chi connectivity index (χ3v) is 7.61. The molecule has 0 saturated heterocycles. The van der Waals surface area contributed by atoms with Crippen LogP contribution in [0.4, 0.5) is 17.6 Å². The highest BCUT2D eigenvalue weighted by Gasteiger charge is 2.31. The Labute approximate surface area is 200 Å². The van der Waals surface area contributed by atoms with Crippen LogP contribution >= 0.6 is 0 Å². The SMILES string of the molecule is N#C/C(F)=C/C=C/CC[C@H]1CC[C@H](CC[C@H]2CC[C@H](c3ccc(OC(F)(F)F)cc3)CC2)CC1. The van der Waals surface area contributed by atoms with Crippen LogP contribution in [0.25, 0.3) is 0 Å². The highest BCUT2D eigenvalue weighted by molar-refractivity contribution is 5.29. The van der Waals surface area contributed by atoms with Gasteiger partial charge in [0.15, 0.2) is 5.83 Å². The van der Waals surface area contributed by atoms with Crippen molar-refractivity contribution < 1.29 is 22.3 Å². The van der Waals surface area contributed by atoms with E-state index in [1.807, 2.05) is 6.08 Å². The Hall–Kier alpha value is -2.29. The minimum atomic E-state index is -4.64. The van der Waals surface area contributed by atoms with E-state index < -0.39 is 12.2 Å². The highest BCUT2D eigenvalue weighted by atomic mass is 19.4. The van der Waals surface area contributed by atoms with Gasteiger partial charge in [0.25, 0.3) is 0 Å². The number of benzene rings is 1. The molecule has 0 N–H and O–H groups in total. The molecule has 1 aromatic carbocycles. The maximum Gasteiger partial charge on any atom is 0.573 e. The molecule has 6 heteroatoms. The predicted octanol–water partition coefficient (Wildman–Crippen LogP) is 9.16. The van der Waals surface area contributed by atoms with E-state index in [1.165, 1.54) is 75.6 Å². The monoisotopic (exact) mass is 477 g/mol. The van der Waals surface area contributed by atoms with Crippen LogP contribution in [0.15, 0.2) is 48.3 Å². The normalized spacial score (nSPS) is 26.4. The number of hydrogen-bond donors (Lipinski definition) is 0. The quantitative estimate of drug-likeness (QED) is 0.202. The molecule has 0 aliphatic heterocycles. The Morgan fingerprint density at radius 1 is 0.882 bits per heavy atom. The Kier molecular flexibility index (Phi) is 10.0. The molecular weight excluding hydrogens is 442 g/mol. The zero-order chi connectivity index (χ0) is 24.4. The summed E-state index contributed by atoms with van der Waals surface area (Å²) in [6.45, 7) is 0. The van der Waals surface area contributed by atoms with Crippen LogP contribution in [-0.2, 0) is 0 Å². The maximum atomic E-state index is 12.7. The van der Waals surface area contributed by atoms with Crippen LogP contribution in [0.2, 0.25) is 0 Å². The number of halogens is 4. The van der Waals surface area contributed by atoms with Gasteiger partial charge < -0.3 is 4.74 Å². The van der Waals surface area contributed by atoms with Crippen molar-refractivity contribution in [3.63, 3.8) is 0 Å². The van der Waals surface area contributed by atoms with E-state index in [2.05, 4.69) is 4.74 Å². The molecule has 2 saturated carbocycles. The number of allylic oxidation sites excluding steroid dienone is 4. The van der Waals surface area contributed by atoms with E-state index in [-0.39, 0.29) is 5.75 Å². The average molecular weight is 478 g/mol. The van der Waals surface area contributed by atoms with Gasteiger partial charge in [0.1, 0.15) is 11.8 Å². The number of alkyl halides is 3. The van der Waals surface area contributed by atoms with Crippen LogP contribution in [0, 0.1) is 29.1 Å². The molecule has 1 aromatic rings. The first-order valence-corrected chi connectivity index (χ1v) is 12.6. The minimum absolute atomic E-state index is 0.153. The van der Waals surface area contributed by atoms with Gasteiger partial charge in [-0.15, -0.1) is 13.2 Å². The second-order valence-corrected chi connectivity index (χ2v) is 9.93. The smallest absolute Gasteiger partial charge is 0.406 e. The molecule has 0 heterocycles. The average Bonchev–Trinajstić information content (AvgIpc) is 2.83. The molecule has 0 amide bonds. The molecule has 186 valence electrons. The number of nitrogens with zero attached hydrogens (tertiary/aromatic N) is 1. The van der Waals surface area contributed by atoms with Gasteiger partial charge in [-0.1, -0.05) is 62.8 Å². The molecule has 2 aliphatic carbocycles. The Morgan fingerprint density at radius 3 is 1.94 bits per heavy atom. The molecule has 2 nitrogen and oxygen atoms in total. The lowest BCUT2D eigenvalue weighted by molar-refractivity contribution is -0.274. The van der Waals surface area contributed by atoms with E-state index in [1.54, 1.807) is 18.2 Å². The summed E-state index contributed by atoms with van der Waals surface area (Å²) in [6.07, 6.45) is 14.6. The third-order valence-electron chi connectivity index (χ3n) is 7.61. The van der Waals surface area contributed by atoms with Crippen molar-refractivity contribution in [2.75, 3.05) is 0 Å². The van der Waals surface area contributed by atoms with Gasteiger partial charge in [0.2, 0.25) is 0 Å². The summed E-state index contributed by atoms with van der Waals surface area (Å²) in [7, 11) is 0. The Bertz CT molecular complexity index is 837. The van der Waals surface area contributed by atoms with Crippen molar-refractivity contribution in [3.05, 3.63) is 53.9 Å². The Morgan fingerprint density at radius 2 is 1.41 bits per heavy atom. The lowest BCUT2D eigenvalue weighted by atomic mass is 9.74. The predicted molar refractivity (Wildman–Crippen MR) is 126 cm³/mol. The first-order valence-electron chi connectivity index (χ1n) is 12.6. The number of nitriles is 1. The van der Waals surface area contributed by atoms with Crippen molar-refractivity contribution in [1.82, 2.24) is 0 Å². The summed E-state index contributed by atoms with van der Waals surface area (Å²) in [5.41, 5.74) is 1.12. The highest BCUT2D eigenvalue weighted by Crippen LogP contribution is 2.40. The summed E-state index contributed by atoms with van der Waals surface area (Å²) >= 11 is 0. The van der Waals surface area contributed by atoms with Gasteiger partial charge >= 0.3 is 6.36 Å². The van der Waals surface area contributed by atoms with Gasteiger partial charge in [-0.3, -0.25) is 0 Å². The standard InChI is InChI=1S/C28H35F4NO/c29-26(20-33)5-3-1-2-4-21-6-8-22(9-7-21)10-11-23-12-14-24(15-13-23)25-16-18-27(19-17-25)34-28(30,31)32/h1,3,5,16-19,21-24H,2,4,6-15H2/b3-1+,26-5-/t21-,22-,23-,24-. The molecule has 0 spiro atoms. The van der Waals surface area contributed by atoms with E-state index in [9.17, 15) is 17.6 Å². The first kappa shape index (κ1) is 26.3. The number of hydrogen-bond acceptors (Lipinski definition) is 2. The lowest BCUT2D eigenvalue weighted by Gasteiger charge is -2.32. The topological polar surface area (TPSA) is 33.0 Å². The van der Waals surface area contributed by atoms with Gasteiger partial charge in [-0.05, 0) is 86.0 Å². The van der Waals surface area contributed by atoms with Crippen LogP contribution in [0.1, 0.15) is 88.5 Å². The maximum absolute atomic E-state index is 12.7. The molecule has 2 fully saturated rings. The van der Waals surface area contributed by atoms with E-state index >= 15 is 0 Å². The summed E-state index contributed by atoms with van der Waals surface area (Å²) in [4.78, 5) is 0. The number of rotatable bonds is 9. The van der Waals surface area contributed by atoms with Crippen LogP contribution < -0.4 is 4.74 Å². The summed E-state index contributed by atoms with van der Waals surface area (Å²) in [5.74, 6) is 1.90. The van der Waals surface area contributed by atoms with Crippen molar-refractivity contribution >= 4 is 0 Å². The molecule has 0 radical (unpaired) electrons. The molecule has 0 aromatic heterocycles. The van der Waals surface area contributed by atoms with Crippen molar-refractivity contribution in [1.29, 1.82) is 5.26 Å². The lowest BCUT2D eigenvalue weighted by Crippen LogP contribution is -2.18. The number of ether oxygens (including phenoxy) is 1. The van der Waals surface area contributed by atoms with Gasteiger partial charge in [0.05, 0.1) is 0 Å². The fraction of sp³-hybridized carbons (Fsp3) is 0.607. The van der Waals surface area contributed by atoms with E-state index in [4.69, 9.17) is 5.26 Å². The van der Waals surface area contributed by atoms with Gasteiger partial charge in [-0.25, -0.2) is 0 Å². The van der Waals surface area contributed by atoms with E-state index in [0.717, 1.165) is 49.0 Å². The van der Waals surface area contributed by atoms with Crippen molar-refractivity contribution in [2.24, 2.45) is 17.8 Å². The first-order chi connectivity index (χ1) is 16.3. The molecular formula is C28H35F4NO. The Balaban J connectivity index is 1.29. The molecule has 3 rings (SSSR count). The van der Waals surface area contributed by atoms with E-state index in [0.29, 0.717) is 5.92 Å². The molecule has 0 unspecified atom stereocenters. The van der Waals surface area contributed by atoms with Gasteiger partial charge in [0, 0.05) is 0 Å². The third kappa shape index (κ3) is 9.16. The van der Waals surface area contributed by atoms with Crippen molar-refractivity contribution in [2.45, 2.75) is 89.3 Å². The summed E-state index contributed by atoms with van der Waals surface area (Å²) < 4.78 is 53.7. The molecule has 0 bridgehead atoms. The fourth-order valence-corrected chi connectivity index (χ4v) is 5.62. The fourth-order valence-electron chi connectivity index (χ4n) is 5.62. The summed E-state index contributed by atoms with van der Waals surface area (Å²) in [5, 5.41) is 8.38. The zero-order valence-electron chi connectivity index (χ0n) is 19.7. The molecule has 2 aliphatic rings. The second kappa shape index (κ2) is 13.0. The van der Waals surface area contributed by atoms with Crippen LogP contribution in [0.5, 0.6) is 5.75 Å². The second-order valence-electron chi connectivity index (χ2n) is 9.93. The minimum Gasteiger partial charge on any atom is -0.406 e.